The molecule has 1 saturated carbocycles. The average Bonchev–Trinajstić information content (AvgIpc) is 3.37. The van der Waals surface area contributed by atoms with Crippen molar-refractivity contribution >= 4 is 17.5 Å². The molecule has 1 aliphatic carbocycles. The molecule has 124 valence electrons. The Balaban J connectivity index is 1.76. The van der Waals surface area contributed by atoms with E-state index in [9.17, 15) is 9.59 Å². The molecule has 1 fully saturated rings. The van der Waals surface area contributed by atoms with Crippen molar-refractivity contribution < 1.29 is 14.3 Å². The molecule has 3 rings (SSSR count). The van der Waals surface area contributed by atoms with Gasteiger partial charge >= 0.3 is 0 Å². The number of benzene rings is 1. The summed E-state index contributed by atoms with van der Waals surface area (Å²) in [6, 6.07) is 7.63. The van der Waals surface area contributed by atoms with Crippen LogP contribution in [0.5, 0.6) is 5.75 Å². The van der Waals surface area contributed by atoms with Gasteiger partial charge < -0.3 is 15.4 Å². The van der Waals surface area contributed by atoms with Crippen LogP contribution in [0, 0.1) is 5.92 Å². The molecule has 2 atom stereocenters. The lowest BCUT2D eigenvalue weighted by Gasteiger charge is -2.35. The van der Waals surface area contributed by atoms with Gasteiger partial charge in [-0.25, -0.2) is 0 Å². The number of hydrogen-bond donors (Lipinski definition) is 1. The first kappa shape index (κ1) is 15.8. The minimum Gasteiger partial charge on any atom is -0.477 e. The molecule has 0 radical (unpaired) electrons. The topological polar surface area (TPSA) is 75.9 Å². The quantitative estimate of drug-likeness (QED) is 0.879. The fraction of sp³-hybridized carbons (Fsp3) is 0.529. The standard InChI is InChI=1S/C17H23N3O3/c1-11(12-7-8-12)19(2)10-16(21)20-9-15(17(18)22)23-14-6-4-3-5-13(14)20/h3-6,11-12,15H,7-10H2,1-2H3,(H2,18,22)/t11-,15+/m1/s1. The van der Waals surface area contributed by atoms with Crippen LogP contribution in [0.3, 0.4) is 0 Å². The van der Waals surface area contributed by atoms with Gasteiger partial charge in [-0.1, -0.05) is 12.1 Å². The summed E-state index contributed by atoms with van der Waals surface area (Å²) in [7, 11) is 1.97. The summed E-state index contributed by atoms with van der Waals surface area (Å²) in [4.78, 5) is 28.0. The molecule has 1 aromatic rings. The number of fused-ring (bicyclic) bond motifs is 1. The highest BCUT2D eigenvalue weighted by molar-refractivity contribution is 5.98. The molecule has 1 aliphatic heterocycles. The molecule has 6 heteroatoms. The first-order chi connectivity index (χ1) is 11.0. The van der Waals surface area contributed by atoms with Crippen LogP contribution in [0.2, 0.25) is 0 Å². The Morgan fingerprint density at radius 1 is 1.39 bits per heavy atom. The maximum Gasteiger partial charge on any atom is 0.260 e. The zero-order chi connectivity index (χ0) is 16.6. The molecule has 0 bridgehead atoms. The molecule has 6 nitrogen and oxygen atoms in total. The maximum absolute atomic E-state index is 12.8. The van der Waals surface area contributed by atoms with Gasteiger partial charge in [0.15, 0.2) is 6.10 Å². The Morgan fingerprint density at radius 2 is 2.09 bits per heavy atom. The largest absolute Gasteiger partial charge is 0.477 e. The lowest BCUT2D eigenvalue weighted by atomic mass is 10.1. The third-order valence-corrected chi connectivity index (χ3v) is 4.78. The van der Waals surface area contributed by atoms with Crippen molar-refractivity contribution in [2.24, 2.45) is 11.7 Å². The predicted molar refractivity (Wildman–Crippen MR) is 87.2 cm³/mol. The highest BCUT2D eigenvalue weighted by Gasteiger charge is 2.35. The molecule has 1 aromatic carbocycles. The summed E-state index contributed by atoms with van der Waals surface area (Å²) in [6.07, 6.45) is 1.67. The van der Waals surface area contributed by atoms with E-state index in [-0.39, 0.29) is 12.5 Å². The van der Waals surface area contributed by atoms with E-state index in [1.807, 2.05) is 25.2 Å². The number of primary amides is 1. The number of carbonyl (C=O) groups excluding carboxylic acids is 2. The lowest BCUT2D eigenvalue weighted by Crippen LogP contribution is -2.52. The van der Waals surface area contributed by atoms with Crippen LogP contribution in [-0.2, 0) is 9.59 Å². The van der Waals surface area contributed by atoms with Gasteiger partial charge in [0.05, 0.1) is 18.8 Å². The van der Waals surface area contributed by atoms with E-state index >= 15 is 0 Å². The average molecular weight is 317 g/mol. The summed E-state index contributed by atoms with van der Waals surface area (Å²) in [6.45, 7) is 2.64. The van der Waals surface area contributed by atoms with Crippen LogP contribution in [0.15, 0.2) is 24.3 Å². The van der Waals surface area contributed by atoms with Crippen molar-refractivity contribution in [3.05, 3.63) is 24.3 Å². The van der Waals surface area contributed by atoms with Gasteiger partial charge in [-0.3, -0.25) is 14.5 Å². The van der Waals surface area contributed by atoms with Crippen molar-refractivity contribution in [3.8, 4) is 5.75 Å². The highest BCUT2D eigenvalue weighted by Crippen LogP contribution is 2.35. The smallest absolute Gasteiger partial charge is 0.260 e. The molecule has 0 saturated heterocycles. The summed E-state index contributed by atoms with van der Waals surface area (Å²) < 4.78 is 5.59. The summed E-state index contributed by atoms with van der Waals surface area (Å²) in [5, 5.41) is 0. The summed E-state index contributed by atoms with van der Waals surface area (Å²) in [5.41, 5.74) is 6.07. The summed E-state index contributed by atoms with van der Waals surface area (Å²) >= 11 is 0. The van der Waals surface area contributed by atoms with E-state index < -0.39 is 12.0 Å². The third-order valence-electron chi connectivity index (χ3n) is 4.78. The van der Waals surface area contributed by atoms with Crippen molar-refractivity contribution in [2.75, 3.05) is 25.0 Å². The number of para-hydroxylation sites is 2. The van der Waals surface area contributed by atoms with Crippen molar-refractivity contribution in [1.29, 1.82) is 0 Å². The molecule has 23 heavy (non-hydrogen) atoms. The highest BCUT2D eigenvalue weighted by atomic mass is 16.5. The van der Waals surface area contributed by atoms with Gasteiger partial charge in [-0.15, -0.1) is 0 Å². The molecule has 2 amide bonds. The fourth-order valence-electron chi connectivity index (χ4n) is 3.00. The minimum atomic E-state index is -0.806. The molecular weight excluding hydrogens is 294 g/mol. The minimum absolute atomic E-state index is 0.0398. The molecule has 0 spiro atoms. The SMILES string of the molecule is C[C@H](C1CC1)N(C)CC(=O)N1C[C@@H](C(N)=O)Oc2ccccc21. The molecule has 2 N–H and O–H groups in total. The second-order valence-electron chi connectivity index (χ2n) is 6.47. The molecule has 1 heterocycles. The Morgan fingerprint density at radius 3 is 2.74 bits per heavy atom. The Hall–Kier alpha value is -2.08. The molecule has 0 unspecified atom stereocenters. The zero-order valence-electron chi connectivity index (χ0n) is 13.6. The Kier molecular flexibility index (Phi) is 4.26. The van der Waals surface area contributed by atoms with E-state index in [4.69, 9.17) is 10.5 Å². The predicted octanol–water partition coefficient (Wildman–Crippen LogP) is 0.996. The molecular formula is C17H23N3O3. The number of likely N-dealkylation sites (N-methyl/N-ethyl adjacent to an activating group) is 1. The number of nitrogens with two attached hydrogens (primary N) is 1. The maximum atomic E-state index is 12.8. The van der Waals surface area contributed by atoms with Crippen molar-refractivity contribution in [2.45, 2.75) is 31.9 Å². The van der Waals surface area contributed by atoms with E-state index in [0.717, 1.165) is 0 Å². The lowest BCUT2D eigenvalue weighted by molar-refractivity contribution is -0.125. The van der Waals surface area contributed by atoms with Gasteiger partial charge in [0.1, 0.15) is 5.75 Å². The number of nitrogens with zero attached hydrogens (tertiary/aromatic N) is 2. The normalized spacial score (nSPS) is 21.5. The van der Waals surface area contributed by atoms with Gasteiger partial charge in [0.2, 0.25) is 5.91 Å². The van der Waals surface area contributed by atoms with Crippen LogP contribution in [0.1, 0.15) is 19.8 Å². The molecule has 0 aromatic heterocycles. The van der Waals surface area contributed by atoms with Gasteiger partial charge in [0.25, 0.3) is 5.91 Å². The first-order valence-corrected chi connectivity index (χ1v) is 8.03. The Bertz CT molecular complexity index is 615. The van der Waals surface area contributed by atoms with Gasteiger partial charge in [-0.05, 0) is 44.9 Å². The van der Waals surface area contributed by atoms with Crippen LogP contribution in [-0.4, -0.2) is 49.0 Å². The monoisotopic (exact) mass is 317 g/mol. The van der Waals surface area contributed by atoms with E-state index in [1.54, 1.807) is 11.0 Å². The first-order valence-electron chi connectivity index (χ1n) is 8.03. The van der Waals surface area contributed by atoms with E-state index in [0.29, 0.717) is 29.9 Å². The van der Waals surface area contributed by atoms with Crippen molar-refractivity contribution in [3.63, 3.8) is 0 Å². The molecule has 2 aliphatic rings. The van der Waals surface area contributed by atoms with Crippen molar-refractivity contribution in [1.82, 2.24) is 4.90 Å². The van der Waals surface area contributed by atoms with E-state index in [2.05, 4.69) is 11.8 Å². The van der Waals surface area contributed by atoms with Crippen LogP contribution >= 0.6 is 0 Å². The number of hydrogen-bond acceptors (Lipinski definition) is 4. The van der Waals surface area contributed by atoms with E-state index in [1.165, 1.54) is 12.8 Å². The third kappa shape index (κ3) is 3.32. The van der Waals surface area contributed by atoms with Gasteiger partial charge in [-0.2, -0.15) is 0 Å². The second kappa shape index (κ2) is 6.20. The van der Waals surface area contributed by atoms with Gasteiger partial charge in [0, 0.05) is 6.04 Å². The zero-order valence-corrected chi connectivity index (χ0v) is 13.6. The summed E-state index contributed by atoms with van der Waals surface area (Å²) in [5.74, 6) is 0.621. The van der Waals surface area contributed by atoms with Crippen LogP contribution in [0.25, 0.3) is 0 Å². The number of rotatable bonds is 5. The van der Waals surface area contributed by atoms with Crippen LogP contribution in [0.4, 0.5) is 5.69 Å². The number of amides is 2. The number of carbonyl (C=O) groups is 2. The number of ether oxygens (including phenoxy) is 1. The van der Waals surface area contributed by atoms with Crippen LogP contribution < -0.4 is 15.4 Å². The fourth-order valence-corrected chi connectivity index (χ4v) is 3.00. The number of anilines is 1. The Labute approximate surface area is 136 Å². The second-order valence-corrected chi connectivity index (χ2v) is 6.47.